The normalized spacial score (nSPS) is 10.2. The van der Waals surface area contributed by atoms with Gasteiger partial charge < -0.3 is 5.73 Å². The summed E-state index contributed by atoms with van der Waals surface area (Å²) in [4.78, 5) is 4.09. The van der Waals surface area contributed by atoms with E-state index in [-0.39, 0.29) is 0 Å². The van der Waals surface area contributed by atoms with Gasteiger partial charge in [0.1, 0.15) is 5.69 Å². The third-order valence-electron chi connectivity index (χ3n) is 1.78. The average Bonchev–Trinajstić information content (AvgIpc) is 2.32. The number of rotatable bonds is 3. The molecule has 0 unspecified atom stereocenters. The molecule has 2 N–H and O–H groups in total. The largest absolute Gasteiger partial charge is 0.330 e. The van der Waals surface area contributed by atoms with Crippen LogP contribution in [0, 0.1) is 0 Å². The molecule has 15 heavy (non-hydrogen) atoms. The summed E-state index contributed by atoms with van der Waals surface area (Å²) in [6.07, 6.45) is 2.26. The standard InChI is InChI=1S/C9H10N6/c10-5-4-8-12-14-9(15-13-8)7-3-1-2-6-11-7/h1-3,6H,4-5,10H2. The Labute approximate surface area is 86.6 Å². The fourth-order valence-corrected chi connectivity index (χ4v) is 1.08. The van der Waals surface area contributed by atoms with Gasteiger partial charge in [0, 0.05) is 12.6 Å². The molecule has 0 fully saturated rings. The Balaban J connectivity index is 2.24. The van der Waals surface area contributed by atoms with Gasteiger partial charge in [-0.3, -0.25) is 4.98 Å². The maximum atomic E-state index is 5.36. The number of nitrogens with zero attached hydrogens (tertiary/aromatic N) is 5. The Morgan fingerprint density at radius 3 is 2.47 bits per heavy atom. The molecule has 0 aliphatic heterocycles. The molecule has 0 bridgehead atoms. The summed E-state index contributed by atoms with van der Waals surface area (Å²) in [5.41, 5.74) is 6.03. The van der Waals surface area contributed by atoms with E-state index < -0.39 is 0 Å². The van der Waals surface area contributed by atoms with Crippen LogP contribution in [0.25, 0.3) is 11.5 Å². The van der Waals surface area contributed by atoms with E-state index in [1.165, 1.54) is 0 Å². The average molecular weight is 202 g/mol. The number of nitrogens with two attached hydrogens (primary N) is 1. The molecular formula is C9H10N6. The Morgan fingerprint density at radius 2 is 1.87 bits per heavy atom. The fourth-order valence-electron chi connectivity index (χ4n) is 1.08. The van der Waals surface area contributed by atoms with Gasteiger partial charge in [-0.1, -0.05) is 6.07 Å². The van der Waals surface area contributed by atoms with Crippen molar-refractivity contribution in [2.24, 2.45) is 5.73 Å². The molecule has 0 aromatic carbocycles. The molecule has 0 amide bonds. The van der Waals surface area contributed by atoms with E-state index in [9.17, 15) is 0 Å². The van der Waals surface area contributed by atoms with Crippen LogP contribution in [0.4, 0.5) is 0 Å². The highest BCUT2D eigenvalue weighted by molar-refractivity contribution is 5.46. The van der Waals surface area contributed by atoms with Crippen molar-refractivity contribution in [2.75, 3.05) is 6.54 Å². The highest BCUT2D eigenvalue weighted by Crippen LogP contribution is 2.06. The zero-order valence-electron chi connectivity index (χ0n) is 8.04. The first kappa shape index (κ1) is 9.60. The van der Waals surface area contributed by atoms with Crippen LogP contribution < -0.4 is 5.73 Å². The lowest BCUT2D eigenvalue weighted by atomic mass is 10.3. The van der Waals surface area contributed by atoms with Gasteiger partial charge in [-0.2, -0.15) is 0 Å². The van der Waals surface area contributed by atoms with Crippen LogP contribution in [0.3, 0.4) is 0 Å². The topological polar surface area (TPSA) is 90.5 Å². The fraction of sp³-hybridized carbons (Fsp3) is 0.222. The van der Waals surface area contributed by atoms with E-state index >= 15 is 0 Å². The molecule has 0 saturated heterocycles. The second kappa shape index (κ2) is 4.52. The molecule has 6 heteroatoms. The monoisotopic (exact) mass is 202 g/mol. The smallest absolute Gasteiger partial charge is 0.221 e. The third kappa shape index (κ3) is 2.29. The second-order valence-corrected chi connectivity index (χ2v) is 2.89. The number of hydrogen-bond donors (Lipinski definition) is 1. The van der Waals surface area contributed by atoms with Crippen molar-refractivity contribution in [2.45, 2.75) is 6.42 Å². The molecule has 2 aromatic heterocycles. The van der Waals surface area contributed by atoms with Crippen molar-refractivity contribution in [1.82, 2.24) is 25.4 Å². The summed E-state index contributed by atoms with van der Waals surface area (Å²) >= 11 is 0. The first-order chi connectivity index (χ1) is 7.40. The van der Waals surface area contributed by atoms with Crippen LogP contribution in [0.5, 0.6) is 0 Å². The minimum atomic E-state index is 0.427. The molecule has 0 spiro atoms. The summed E-state index contributed by atoms with van der Waals surface area (Å²) < 4.78 is 0. The summed E-state index contributed by atoms with van der Waals surface area (Å²) in [6.45, 7) is 0.492. The van der Waals surface area contributed by atoms with Crippen molar-refractivity contribution < 1.29 is 0 Å². The van der Waals surface area contributed by atoms with E-state index in [2.05, 4.69) is 25.4 Å². The third-order valence-corrected chi connectivity index (χ3v) is 1.78. The van der Waals surface area contributed by atoms with Crippen molar-refractivity contribution in [3.63, 3.8) is 0 Å². The molecule has 0 aliphatic carbocycles. The van der Waals surface area contributed by atoms with E-state index in [0.29, 0.717) is 30.3 Å². The molecule has 6 nitrogen and oxygen atoms in total. The summed E-state index contributed by atoms with van der Waals surface area (Å²) in [7, 11) is 0. The molecule has 0 radical (unpaired) electrons. The molecule has 2 aromatic rings. The predicted octanol–water partition coefficient (Wildman–Crippen LogP) is -0.170. The zero-order chi connectivity index (χ0) is 10.5. The Kier molecular flexibility index (Phi) is 2.89. The van der Waals surface area contributed by atoms with Gasteiger partial charge in [-0.25, -0.2) is 0 Å². The van der Waals surface area contributed by atoms with E-state index in [1.807, 2.05) is 12.1 Å². The summed E-state index contributed by atoms with van der Waals surface area (Å²) in [6, 6.07) is 5.49. The highest BCUT2D eigenvalue weighted by atomic mass is 15.3. The molecular weight excluding hydrogens is 192 g/mol. The van der Waals surface area contributed by atoms with Gasteiger partial charge in [0.2, 0.25) is 5.82 Å². The zero-order valence-corrected chi connectivity index (χ0v) is 8.04. The lowest BCUT2D eigenvalue weighted by Gasteiger charge is -1.97. The van der Waals surface area contributed by atoms with Crippen LogP contribution in [-0.4, -0.2) is 31.9 Å². The lowest BCUT2D eigenvalue weighted by molar-refractivity contribution is 0.750. The van der Waals surface area contributed by atoms with Crippen LogP contribution in [0.2, 0.25) is 0 Å². The minimum Gasteiger partial charge on any atom is -0.330 e. The van der Waals surface area contributed by atoms with Crippen molar-refractivity contribution in [3.8, 4) is 11.5 Å². The highest BCUT2D eigenvalue weighted by Gasteiger charge is 2.03. The van der Waals surface area contributed by atoms with Crippen molar-refractivity contribution in [1.29, 1.82) is 0 Å². The number of pyridine rings is 1. The van der Waals surface area contributed by atoms with E-state index in [0.717, 1.165) is 0 Å². The van der Waals surface area contributed by atoms with Gasteiger partial charge in [-0.05, 0) is 18.7 Å². The first-order valence-electron chi connectivity index (χ1n) is 4.58. The first-order valence-corrected chi connectivity index (χ1v) is 4.58. The Bertz CT molecular complexity index is 412. The maximum Gasteiger partial charge on any atom is 0.221 e. The minimum absolute atomic E-state index is 0.427. The Hall–Kier alpha value is -1.95. The molecule has 0 atom stereocenters. The van der Waals surface area contributed by atoms with Gasteiger partial charge in [0.05, 0.1) is 0 Å². The molecule has 2 heterocycles. The lowest BCUT2D eigenvalue weighted by Crippen LogP contribution is -2.09. The predicted molar refractivity (Wildman–Crippen MR) is 53.6 cm³/mol. The van der Waals surface area contributed by atoms with Crippen LogP contribution in [0.15, 0.2) is 24.4 Å². The van der Waals surface area contributed by atoms with E-state index in [4.69, 9.17) is 5.73 Å². The van der Waals surface area contributed by atoms with Crippen LogP contribution in [0.1, 0.15) is 5.82 Å². The molecule has 76 valence electrons. The van der Waals surface area contributed by atoms with E-state index in [1.54, 1.807) is 12.3 Å². The van der Waals surface area contributed by atoms with Gasteiger partial charge in [0.25, 0.3) is 0 Å². The van der Waals surface area contributed by atoms with Gasteiger partial charge >= 0.3 is 0 Å². The van der Waals surface area contributed by atoms with Crippen LogP contribution >= 0.6 is 0 Å². The summed E-state index contributed by atoms with van der Waals surface area (Å²) in [5, 5.41) is 15.7. The quantitative estimate of drug-likeness (QED) is 0.743. The second-order valence-electron chi connectivity index (χ2n) is 2.89. The Morgan fingerprint density at radius 1 is 1.07 bits per heavy atom. The number of aromatic nitrogens is 5. The van der Waals surface area contributed by atoms with Crippen molar-refractivity contribution >= 4 is 0 Å². The van der Waals surface area contributed by atoms with Gasteiger partial charge in [0.15, 0.2) is 5.82 Å². The molecule has 0 aliphatic rings. The van der Waals surface area contributed by atoms with Crippen LogP contribution in [-0.2, 0) is 6.42 Å². The summed E-state index contributed by atoms with van der Waals surface area (Å²) in [5.74, 6) is 0.980. The van der Waals surface area contributed by atoms with Crippen molar-refractivity contribution in [3.05, 3.63) is 30.2 Å². The molecule has 0 saturated carbocycles. The number of hydrogen-bond acceptors (Lipinski definition) is 6. The maximum absolute atomic E-state index is 5.36. The van der Waals surface area contributed by atoms with Gasteiger partial charge in [-0.15, -0.1) is 20.4 Å². The molecule has 2 rings (SSSR count). The SMILES string of the molecule is NCCc1nnc(-c2ccccn2)nn1.